The smallest absolute Gasteiger partial charge is 0.223 e. The highest BCUT2D eigenvalue weighted by Crippen LogP contribution is 2.63. The number of phenolic OH excluding ortho intramolecular Hbond substituents is 1. The van der Waals surface area contributed by atoms with E-state index in [2.05, 4.69) is 17.3 Å². The van der Waals surface area contributed by atoms with Crippen LogP contribution in [0.1, 0.15) is 36.8 Å². The average molecular weight is 491 g/mol. The number of hydrogen-bond donors (Lipinski definition) is 6. The number of nitrogens with zero attached hydrogens (tertiary/aromatic N) is 1. The van der Waals surface area contributed by atoms with Gasteiger partial charge in [0.1, 0.15) is 30.5 Å². The van der Waals surface area contributed by atoms with Crippen molar-refractivity contribution < 1.29 is 39.8 Å². The highest BCUT2D eigenvalue weighted by Gasteiger charge is 2.65. The van der Waals surface area contributed by atoms with E-state index in [1.165, 1.54) is 5.56 Å². The molecule has 1 saturated carbocycles. The van der Waals surface area contributed by atoms with Gasteiger partial charge >= 0.3 is 0 Å². The van der Waals surface area contributed by atoms with Crippen LogP contribution in [0.4, 0.5) is 0 Å². The van der Waals surface area contributed by atoms with Gasteiger partial charge in [0, 0.05) is 17.0 Å². The number of carbonyl (C=O) groups is 1. The molecule has 2 saturated heterocycles. The first-order chi connectivity index (χ1) is 16.8. The number of aliphatic hydroxyl groups excluding tert-OH is 4. The van der Waals surface area contributed by atoms with Crippen LogP contribution < -0.4 is 10.1 Å². The van der Waals surface area contributed by atoms with E-state index in [4.69, 9.17) is 9.47 Å². The lowest BCUT2D eigenvalue weighted by atomic mass is 9.51. The molecule has 1 amide bonds. The molecule has 0 aromatic heterocycles. The predicted molar refractivity (Wildman–Crippen MR) is 122 cm³/mol. The van der Waals surface area contributed by atoms with Crippen LogP contribution in [0, 0.1) is 5.92 Å². The highest BCUT2D eigenvalue weighted by molar-refractivity contribution is 5.77. The van der Waals surface area contributed by atoms with Crippen LogP contribution in [0.25, 0.3) is 0 Å². The monoisotopic (exact) mass is 490 g/mol. The third-order valence-corrected chi connectivity index (χ3v) is 9.32. The summed E-state index contributed by atoms with van der Waals surface area (Å²) in [5.74, 6) is 0.699. The topological polar surface area (TPSA) is 152 Å². The Morgan fingerprint density at radius 2 is 1.94 bits per heavy atom. The first kappa shape index (κ1) is 23.4. The molecule has 6 N–H and O–H groups in total. The number of phenols is 1. The summed E-state index contributed by atoms with van der Waals surface area (Å²) in [7, 11) is 2.17. The molecule has 1 aromatic rings. The fourth-order valence-electron chi connectivity index (χ4n) is 7.68. The fourth-order valence-corrected chi connectivity index (χ4v) is 7.68. The average Bonchev–Trinajstić information content (AvgIpc) is 3.20. The molecule has 2 bridgehead atoms. The number of hydrogen-bond acceptors (Lipinski definition) is 9. The Bertz CT molecular complexity index is 1020. The lowest BCUT2D eigenvalue weighted by molar-refractivity contribution is -0.229. The molecule has 10 atom stereocenters. The second-order valence-electron chi connectivity index (χ2n) is 11.0. The number of aliphatic hydroxyl groups is 4. The maximum Gasteiger partial charge on any atom is 0.223 e. The second kappa shape index (κ2) is 8.29. The fraction of sp³-hybridized carbons (Fsp3) is 0.720. The Morgan fingerprint density at radius 3 is 2.71 bits per heavy atom. The molecule has 5 aliphatic rings. The molecule has 6 rings (SSSR count). The Kier molecular flexibility index (Phi) is 5.55. The van der Waals surface area contributed by atoms with Crippen LogP contribution in [0.2, 0.25) is 0 Å². The molecule has 3 heterocycles. The number of likely N-dealkylation sites (N-methyl/N-ethyl adjacent to an activating group) is 1. The number of likely N-dealkylation sites (tertiary alicyclic amines) is 1. The number of amides is 1. The van der Waals surface area contributed by atoms with Crippen molar-refractivity contribution in [3.8, 4) is 11.5 Å². The summed E-state index contributed by atoms with van der Waals surface area (Å²) in [6, 6.07) is 3.81. The van der Waals surface area contributed by atoms with Gasteiger partial charge in [0.05, 0.1) is 25.2 Å². The number of piperidine rings is 1. The van der Waals surface area contributed by atoms with E-state index in [1.807, 2.05) is 6.07 Å². The van der Waals surface area contributed by atoms with Gasteiger partial charge in [-0.3, -0.25) is 4.79 Å². The molecule has 192 valence electrons. The van der Waals surface area contributed by atoms with E-state index in [0.717, 1.165) is 37.8 Å². The van der Waals surface area contributed by atoms with Crippen molar-refractivity contribution in [2.45, 2.75) is 86.2 Å². The van der Waals surface area contributed by atoms with Gasteiger partial charge in [-0.05, 0) is 56.8 Å². The summed E-state index contributed by atoms with van der Waals surface area (Å²) in [5.41, 5.74) is 2.06. The van der Waals surface area contributed by atoms with Gasteiger partial charge in [0.15, 0.2) is 11.5 Å². The van der Waals surface area contributed by atoms with E-state index >= 15 is 0 Å². The Morgan fingerprint density at radius 1 is 1.17 bits per heavy atom. The number of rotatable bonds is 4. The quantitative estimate of drug-likeness (QED) is 0.305. The van der Waals surface area contributed by atoms with Crippen LogP contribution >= 0.6 is 0 Å². The lowest BCUT2D eigenvalue weighted by Gasteiger charge is -2.59. The number of benzene rings is 1. The number of nitrogens with one attached hydrogen (secondary N) is 1. The molecule has 1 spiro atoms. The van der Waals surface area contributed by atoms with Crippen molar-refractivity contribution in [3.63, 3.8) is 0 Å². The van der Waals surface area contributed by atoms with E-state index in [1.54, 1.807) is 6.07 Å². The zero-order valence-corrected chi connectivity index (χ0v) is 19.7. The summed E-state index contributed by atoms with van der Waals surface area (Å²) < 4.78 is 12.0. The molecule has 3 fully saturated rings. The van der Waals surface area contributed by atoms with Crippen LogP contribution in [-0.4, -0.2) is 105 Å². The summed E-state index contributed by atoms with van der Waals surface area (Å²) in [4.78, 5) is 15.5. The van der Waals surface area contributed by atoms with E-state index in [9.17, 15) is 30.3 Å². The number of ether oxygens (including phenoxy) is 2. The first-order valence-corrected chi connectivity index (χ1v) is 12.6. The largest absolute Gasteiger partial charge is 0.504 e. The normalized spacial score (nSPS) is 43.9. The Hall–Kier alpha value is -1.95. The SMILES string of the molecule is CN1CC[C@]23c4c5ccc(O)c4O[C@H]2[C@H](NC(=O)C[C@@H]2O[C@H](CO)[C@@H](O)[C@@H](O)[C@H]2O)CC[C@H]3[C@H]1C5. The second-order valence-corrected chi connectivity index (χ2v) is 11.0. The van der Waals surface area contributed by atoms with Gasteiger partial charge in [-0.2, -0.15) is 0 Å². The molecular weight excluding hydrogens is 456 g/mol. The molecular formula is C25H34N2O8. The molecule has 0 unspecified atom stereocenters. The van der Waals surface area contributed by atoms with Gasteiger partial charge in [0.25, 0.3) is 0 Å². The van der Waals surface area contributed by atoms with Crippen LogP contribution in [0.3, 0.4) is 0 Å². The molecule has 1 aromatic carbocycles. The van der Waals surface area contributed by atoms with Crippen LogP contribution in [0.5, 0.6) is 11.5 Å². The summed E-state index contributed by atoms with van der Waals surface area (Å²) >= 11 is 0. The highest BCUT2D eigenvalue weighted by atomic mass is 16.5. The van der Waals surface area contributed by atoms with Crippen molar-refractivity contribution >= 4 is 5.91 Å². The van der Waals surface area contributed by atoms with Crippen molar-refractivity contribution in [1.29, 1.82) is 0 Å². The standard InChI is InChI=1S/C25H34N2O8/c1-27-7-6-25-12-3-4-13(24(25)35-23-15(29)5-2-11(19(23)25)8-14(12)27)26-18(30)9-16-20(31)22(33)21(32)17(10-28)34-16/h2,5,12-14,16-17,20-22,24,28-29,31-33H,3-4,6-10H2,1H3,(H,26,30)/t12-,13+,14+,16-,17+,20-,21+,22-,24-,25-/m0/s1. The van der Waals surface area contributed by atoms with E-state index in [0.29, 0.717) is 17.7 Å². The molecule has 2 aliphatic carbocycles. The summed E-state index contributed by atoms with van der Waals surface area (Å²) in [6.45, 7) is 0.381. The van der Waals surface area contributed by atoms with Crippen molar-refractivity contribution in [1.82, 2.24) is 10.2 Å². The van der Waals surface area contributed by atoms with Crippen LogP contribution in [0.15, 0.2) is 12.1 Å². The minimum absolute atomic E-state index is 0.134. The molecule has 3 aliphatic heterocycles. The third-order valence-electron chi connectivity index (χ3n) is 9.32. The molecule has 10 nitrogen and oxygen atoms in total. The van der Waals surface area contributed by atoms with Crippen LogP contribution in [-0.2, 0) is 21.4 Å². The molecule has 10 heteroatoms. The number of aromatic hydroxyl groups is 1. The zero-order chi connectivity index (χ0) is 24.6. The molecule has 0 radical (unpaired) electrons. The Balaban J connectivity index is 1.25. The zero-order valence-electron chi connectivity index (χ0n) is 19.7. The van der Waals surface area contributed by atoms with E-state index in [-0.39, 0.29) is 35.6 Å². The minimum Gasteiger partial charge on any atom is -0.504 e. The first-order valence-electron chi connectivity index (χ1n) is 12.6. The van der Waals surface area contributed by atoms with Gasteiger partial charge < -0.3 is 45.2 Å². The van der Waals surface area contributed by atoms with E-state index < -0.39 is 37.1 Å². The molecule has 35 heavy (non-hydrogen) atoms. The van der Waals surface area contributed by atoms with Gasteiger partial charge in [0.2, 0.25) is 5.91 Å². The van der Waals surface area contributed by atoms with Crippen molar-refractivity contribution in [2.75, 3.05) is 20.2 Å². The van der Waals surface area contributed by atoms with Gasteiger partial charge in [-0.15, -0.1) is 0 Å². The van der Waals surface area contributed by atoms with Gasteiger partial charge in [-0.25, -0.2) is 0 Å². The van der Waals surface area contributed by atoms with Crippen molar-refractivity contribution in [2.24, 2.45) is 5.92 Å². The summed E-state index contributed by atoms with van der Waals surface area (Å²) in [6.07, 6.45) is -3.59. The minimum atomic E-state index is -1.51. The maximum atomic E-state index is 13.1. The predicted octanol–water partition coefficient (Wildman–Crippen LogP) is -1.22. The third kappa shape index (κ3) is 3.27. The maximum absolute atomic E-state index is 13.1. The Labute approximate surface area is 203 Å². The number of carbonyl (C=O) groups excluding carboxylic acids is 1. The van der Waals surface area contributed by atoms with Gasteiger partial charge in [-0.1, -0.05) is 6.07 Å². The summed E-state index contributed by atoms with van der Waals surface area (Å²) in [5, 5.41) is 53.5. The lowest BCUT2D eigenvalue weighted by Crippen LogP contribution is -2.68. The van der Waals surface area contributed by atoms with Crippen molar-refractivity contribution in [3.05, 3.63) is 23.3 Å².